The first-order valence-electron chi connectivity index (χ1n) is 4.97. The summed E-state index contributed by atoms with van der Waals surface area (Å²) < 4.78 is 0. The van der Waals surface area contributed by atoms with Gasteiger partial charge < -0.3 is 15.9 Å². The van der Waals surface area contributed by atoms with Crippen LogP contribution in [0.5, 0.6) is 0 Å². The number of rotatable bonds is 1. The third-order valence-corrected chi connectivity index (χ3v) is 2.96. The van der Waals surface area contributed by atoms with Gasteiger partial charge in [0, 0.05) is 17.5 Å². The van der Waals surface area contributed by atoms with Gasteiger partial charge in [-0.05, 0) is 25.0 Å². The summed E-state index contributed by atoms with van der Waals surface area (Å²) in [6.07, 6.45) is 0. The molecule has 1 aliphatic carbocycles. The molecule has 0 aliphatic heterocycles. The molecule has 4 N–H and O–H groups in total. The van der Waals surface area contributed by atoms with Gasteiger partial charge in [0.15, 0.2) is 0 Å². The first kappa shape index (κ1) is 10.1. The molecule has 0 heterocycles. The highest BCUT2D eigenvalue weighted by Crippen LogP contribution is 2.47. The second-order valence-corrected chi connectivity index (χ2v) is 4.14. The Morgan fingerprint density at radius 1 is 1.27 bits per heavy atom. The summed E-state index contributed by atoms with van der Waals surface area (Å²) in [6.45, 7) is 4.04. The van der Waals surface area contributed by atoms with Crippen LogP contribution in [0.25, 0.3) is 0 Å². The summed E-state index contributed by atoms with van der Waals surface area (Å²) >= 11 is 0. The Hall–Kier alpha value is -1.48. The lowest BCUT2D eigenvalue weighted by molar-refractivity contribution is 0.188. The molecule has 0 spiro atoms. The number of aliphatic hydroxyl groups is 2. The topological polar surface area (TPSA) is 66.5 Å². The van der Waals surface area contributed by atoms with Crippen LogP contribution in [-0.4, -0.2) is 16.3 Å². The lowest BCUT2D eigenvalue weighted by Gasteiger charge is -2.04. The maximum absolute atomic E-state index is 8.99. The normalized spacial score (nSPS) is 24.1. The zero-order valence-corrected chi connectivity index (χ0v) is 8.86. The van der Waals surface area contributed by atoms with E-state index in [2.05, 4.69) is 6.07 Å². The van der Waals surface area contributed by atoms with Crippen molar-refractivity contribution in [2.75, 3.05) is 0 Å². The lowest BCUT2D eigenvalue weighted by Crippen LogP contribution is -2.02. The molecule has 1 aliphatic rings. The standard InChI is InChI=1S/C12H15NO2/c1-6-3-4-8(7(2)5-6)9-10(11(9)13)12(14)15/h3-5,9,11,14-15H,13H2,1-2H3. The predicted octanol–water partition coefficient (Wildman–Crippen LogP) is 2.06. The second kappa shape index (κ2) is 3.28. The molecule has 0 aromatic heterocycles. The Balaban J connectivity index is 2.38. The van der Waals surface area contributed by atoms with Crippen molar-refractivity contribution in [1.82, 2.24) is 0 Å². The first-order valence-corrected chi connectivity index (χ1v) is 4.97. The molecule has 1 saturated carbocycles. The van der Waals surface area contributed by atoms with E-state index in [9.17, 15) is 0 Å². The van der Waals surface area contributed by atoms with Gasteiger partial charge >= 0.3 is 0 Å². The summed E-state index contributed by atoms with van der Waals surface area (Å²) in [5.74, 6) is -0.636. The summed E-state index contributed by atoms with van der Waals surface area (Å²) in [6, 6.07) is 5.85. The maximum Gasteiger partial charge on any atom is 0.275 e. The SMILES string of the molecule is Cc1ccc(C2C(=C(O)O)C2N)c(C)c1. The molecule has 2 rings (SSSR count). The van der Waals surface area contributed by atoms with Crippen molar-refractivity contribution in [2.45, 2.75) is 25.8 Å². The predicted molar refractivity (Wildman–Crippen MR) is 58.9 cm³/mol. The molecule has 0 amide bonds. The first-order chi connectivity index (χ1) is 7.02. The molecule has 1 aromatic carbocycles. The van der Waals surface area contributed by atoms with Crippen LogP contribution in [0.3, 0.4) is 0 Å². The largest absolute Gasteiger partial charge is 0.481 e. The molecular formula is C12H15NO2. The van der Waals surface area contributed by atoms with Gasteiger partial charge in [-0.15, -0.1) is 0 Å². The molecule has 3 nitrogen and oxygen atoms in total. The van der Waals surface area contributed by atoms with Gasteiger partial charge in [0.1, 0.15) is 0 Å². The van der Waals surface area contributed by atoms with Crippen molar-refractivity contribution in [3.05, 3.63) is 46.4 Å². The van der Waals surface area contributed by atoms with Gasteiger partial charge in [-0.3, -0.25) is 0 Å². The number of nitrogens with two attached hydrogens (primary N) is 1. The maximum atomic E-state index is 8.99. The number of aliphatic hydroxyl groups excluding tert-OH is 1. The fourth-order valence-corrected chi connectivity index (χ4v) is 2.11. The van der Waals surface area contributed by atoms with E-state index in [1.54, 1.807) is 0 Å². The van der Waals surface area contributed by atoms with Crippen LogP contribution in [0.15, 0.2) is 29.7 Å². The number of benzene rings is 1. The Morgan fingerprint density at radius 3 is 2.40 bits per heavy atom. The molecule has 3 heteroatoms. The highest BCUT2D eigenvalue weighted by molar-refractivity contribution is 5.51. The van der Waals surface area contributed by atoms with Crippen LogP contribution in [0.2, 0.25) is 0 Å². The number of aryl methyl sites for hydroxylation is 2. The van der Waals surface area contributed by atoms with E-state index in [-0.39, 0.29) is 12.0 Å². The van der Waals surface area contributed by atoms with Crippen molar-refractivity contribution >= 4 is 0 Å². The minimum absolute atomic E-state index is 0.0180. The molecule has 2 unspecified atom stereocenters. The Kier molecular flexibility index (Phi) is 2.20. The Bertz CT molecular complexity index is 433. The van der Waals surface area contributed by atoms with E-state index in [0.717, 1.165) is 11.1 Å². The van der Waals surface area contributed by atoms with E-state index in [0.29, 0.717) is 5.57 Å². The zero-order chi connectivity index (χ0) is 11.2. The third-order valence-electron chi connectivity index (χ3n) is 2.96. The Labute approximate surface area is 88.9 Å². The fourth-order valence-electron chi connectivity index (χ4n) is 2.11. The molecule has 0 radical (unpaired) electrons. The van der Waals surface area contributed by atoms with Crippen molar-refractivity contribution in [3.8, 4) is 0 Å². The average Bonchev–Trinajstić information content (AvgIpc) is 2.77. The highest BCUT2D eigenvalue weighted by atomic mass is 16.5. The molecule has 0 saturated heterocycles. The average molecular weight is 205 g/mol. The second-order valence-electron chi connectivity index (χ2n) is 4.14. The van der Waals surface area contributed by atoms with Crippen LogP contribution in [-0.2, 0) is 0 Å². The van der Waals surface area contributed by atoms with E-state index < -0.39 is 5.95 Å². The van der Waals surface area contributed by atoms with Crippen LogP contribution in [0.1, 0.15) is 22.6 Å². The fraction of sp³-hybridized carbons (Fsp3) is 0.333. The quantitative estimate of drug-likeness (QED) is 0.615. The Morgan fingerprint density at radius 2 is 1.93 bits per heavy atom. The third kappa shape index (κ3) is 1.59. The summed E-state index contributed by atoms with van der Waals surface area (Å²) in [5.41, 5.74) is 9.75. The smallest absolute Gasteiger partial charge is 0.275 e. The summed E-state index contributed by atoms with van der Waals surface area (Å²) in [5, 5.41) is 18.0. The zero-order valence-electron chi connectivity index (χ0n) is 8.86. The minimum atomic E-state index is -0.618. The number of hydrogen-bond donors (Lipinski definition) is 3. The van der Waals surface area contributed by atoms with Crippen molar-refractivity contribution in [1.29, 1.82) is 0 Å². The van der Waals surface area contributed by atoms with Gasteiger partial charge in [0.25, 0.3) is 5.95 Å². The molecule has 80 valence electrons. The van der Waals surface area contributed by atoms with Crippen molar-refractivity contribution in [2.24, 2.45) is 5.73 Å². The van der Waals surface area contributed by atoms with Crippen molar-refractivity contribution in [3.63, 3.8) is 0 Å². The van der Waals surface area contributed by atoms with Gasteiger partial charge in [-0.25, -0.2) is 0 Å². The van der Waals surface area contributed by atoms with Gasteiger partial charge in [0.2, 0.25) is 0 Å². The molecule has 1 aromatic rings. The highest BCUT2D eigenvalue weighted by Gasteiger charge is 2.46. The van der Waals surface area contributed by atoms with Crippen molar-refractivity contribution < 1.29 is 10.2 Å². The molecule has 15 heavy (non-hydrogen) atoms. The van der Waals surface area contributed by atoms with Crippen LogP contribution < -0.4 is 5.73 Å². The summed E-state index contributed by atoms with van der Waals surface area (Å²) in [7, 11) is 0. The lowest BCUT2D eigenvalue weighted by atomic mass is 10.0. The summed E-state index contributed by atoms with van der Waals surface area (Å²) in [4.78, 5) is 0. The van der Waals surface area contributed by atoms with Gasteiger partial charge in [0.05, 0.1) is 0 Å². The molecular weight excluding hydrogens is 190 g/mol. The van der Waals surface area contributed by atoms with Crippen LogP contribution in [0, 0.1) is 13.8 Å². The van der Waals surface area contributed by atoms with Crippen LogP contribution >= 0.6 is 0 Å². The number of hydrogen-bond acceptors (Lipinski definition) is 3. The molecule has 2 atom stereocenters. The molecule has 1 fully saturated rings. The minimum Gasteiger partial charge on any atom is -0.481 e. The van der Waals surface area contributed by atoms with E-state index in [1.165, 1.54) is 5.56 Å². The monoisotopic (exact) mass is 205 g/mol. The van der Waals surface area contributed by atoms with E-state index >= 15 is 0 Å². The van der Waals surface area contributed by atoms with Gasteiger partial charge in [-0.1, -0.05) is 23.8 Å². The molecule has 0 bridgehead atoms. The van der Waals surface area contributed by atoms with Crippen LogP contribution in [0.4, 0.5) is 0 Å². The van der Waals surface area contributed by atoms with E-state index in [1.807, 2.05) is 26.0 Å². The van der Waals surface area contributed by atoms with E-state index in [4.69, 9.17) is 15.9 Å². The van der Waals surface area contributed by atoms with Gasteiger partial charge in [-0.2, -0.15) is 0 Å².